The van der Waals surface area contributed by atoms with Crippen LogP contribution in [0.1, 0.15) is 21.6 Å². The van der Waals surface area contributed by atoms with Gasteiger partial charge in [-0.3, -0.25) is 9.36 Å². The van der Waals surface area contributed by atoms with Gasteiger partial charge in [-0.25, -0.2) is 9.18 Å². The van der Waals surface area contributed by atoms with E-state index in [4.69, 9.17) is 34.8 Å². The SMILES string of the molecule is Cc1c(Cl)c(-c2ccc(Cl)c(Cl)c2)c(C(=O)O)c(=O)n1-c1cccc(C(F)(F)F)c1F. The Bertz CT molecular complexity index is 1290. The summed E-state index contributed by atoms with van der Waals surface area (Å²) in [6.07, 6.45) is -5.03. The molecule has 0 saturated heterocycles. The molecule has 31 heavy (non-hydrogen) atoms. The maximum atomic E-state index is 14.7. The van der Waals surface area contributed by atoms with Gasteiger partial charge in [0.05, 0.1) is 26.3 Å². The molecule has 0 spiro atoms. The highest BCUT2D eigenvalue weighted by molar-refractivity contribution is 6.42. The normalized spacial score (nSPS) is 11.6. The minimum atomic E-state index is -5.03. The Morgan fingerprint density at radius 3 is 2.26 bits per heavy atom. The first kappa shape index (κ1) is 23.1. The van der Waals surface area contributed by atoms with Crippen LogP contribution in [0.4, 0.5) is 17.6 Å². The van der Waals surface area contributed by atoms with E-state index in [1.54, 1.807) is 0 Å². The summed E-state index contributed by atoms with van der Waals surface area (Å²) in [5.74, 6) is -3.45. The van der Waals surface area contributed by atoms with Crippen LogP contribution in [0.5, 0.6) is 0 Å². The third-order valence-electron chi connectivity index (χ3n) is 4.49. The number of hydrogen-bond acceptors (Lipinski definition) is 2. The average molecular weight is 495 g/mol. The van der Waals surface area contributed by atoms with Crippen molar-refractivity contribution >= 4 is 40.8 Å². The Morgan fingerprint density at radius 2 is 1.71 bits per heavy atom. The van der Waals surface area contributed by atoms with Crippen molar-refractivity contribution in [2.24, 2.45) is 0 Å². The van der Waals surface area contributed by atoms with Gasteiger partial charge in [0, 0.05) is 11.3 Å². The first-order valence-electron chi connectivity index (χ1n) is 8.36. The summed E-state index contributed by atoms with van der Waals surface area (Å²) in [5.41, 5.74) is -4.80. The second-order valence-electron chi connectivity index (χ2n) is 6.36. The molecule has 2 aromatic carbocycles. The molecule has 1 heterocycles. The zero-order chi connectivity index (χ0) is 23.2. The van der Waals surface area contributed by atoms with Crippen molar-refractivity contribution in [3.05, 3.63) is 84.5 Å². The Balaban J connectivity index is 2.44. The average Bonchev–Trinajstić information content (AvgIpc) is 2.67. The van der Waals surface area contributed by atoms with Crippen molar-refractivity contribution < 1.29 is 27.5 Å². The van der Waals surface area contributed by atoms with Crippen LogP contribution in [0, 0.1) is 12.7 Å². The van der Waals surface area contributed by atoms with Crippen LogP contribution in [0.3, 0.4) is 0 Å². The van der Waals surface area contributed by atoms with Crippen molar-refractivity contribution in [1.29, 1.82) is 0 Å². The number of halogens is 7. The molecule has 0 saturated carbocycles. The number of benzene rings is 2. The van der Waals surface area contributed by atoms with Crippen molar-refractivity contribution in [1.82, 2.24) is 4.57 Å². The van der Waals surface area contributed by atoms with Gasteiger partial charge < -0.3 is 5.11 Å². The summed E-state index contributed by atoms with van der Waals surface area (Å²) >= 11 is 18.2. The van der Waals surface area contributed by atoms with E-state index < -0.39 is 40.3 Å². The highest BCUT2D eigenvalue weighted by Gasteiger charge is 2.36. The number of nitrogens with zero attached hydrogens (tertiary/aromatic N) is 1. The summed E-state index contributed by atoms with van der Waals surface area (Å²) < 4.78 is 54.5. The van der Waals surface area contributed by atoms with E-state index in [-0.39, 0.29) is 31.9 Å². The largest absolute Gasteiger partial charge is 0.477 e. The van der Waals surface area contributed by atoms with Crippen LogP contribution < -0.4 is 5.56 Å². The molecule has 0 aliphatic heterocycles. The van der Waals surface area contributed by atoms with Gasteiger partial charge in [0.1, 0.15) is 5.56 Å². The maximum Gasteiger partial charge on any atom is 0.419 e. The summed E-state index contributed by atoms with van der Waals surface area (Å²) in [5, 5.41) is 9.60. The van der Waals surface area contributed by atoms with Gasteiger partial charge in [0.25, 0.3) is 5.56 Å². The second kappa shape index (κ2) is 8.18. The number of aromatic carboxylic acids is 1. The second-order valence-corrected chi connectivity index (χ2v) is 7.55. The Labute approximate surface area is 187 Å². The molecule has 0 amide bonds. The van der Waals surface area contributed by atoms with Crippen LogP contribution >= 0.6 is 34.8 Å². The number of aromatic nitrogens is 1. The molecule has 0 bridgehead atoms. The third kappa shape index (κ3) is 4.03. The minimum Gasteiger partial charge on any atom is -0.477 e. The Morgan fingerprint density at radius 1 is 1.06 bits per heavy atom. The summed E-state index contributed by atoms with van der Waals surface area (Å²) in [4.78, 5) is 25.0. The fraction of sp³-hybridized carbons (Fsp3) is 0.100. The molecule has 0 radical (unpaired) electrons. The van der Waals surface area contributed by atoms with E-state index in [0.29, 0.717) is 10.6 Å². The number of carboxylic acid groups (broad SMARTS) is 1. The van der Waals surface area contributed by atoms with Gasteiger partial charge >= 0.3 is 12.1 Å². The summed E-state index contributed by atoms with van der Waals surface area (Å²) in [6, 6.07) is 6.33. The van der Waals surface area contributed by atoms with E-state index >= 15 is 0 Å². The van der Waals surface area contributed by atoms with Gasteiger partial charge in [-0.15, -0.1) is 0 Å². The van der Waals surface area contributed by atoms with Crippen LogP contribution in [0.2, 0.25) is 15.1 Å². The van der Waals surface area contributed by atoms with Crippen molar-refractivity contribution in [3.8, 4) is 16.8 Å². The van der Waals surface area contributed by atoms with Gasteiger partial charge in [-0.1, -0.05) is 46.9 Å². The molecule has 11 heteroatoms. The lowest BCUT2D eigenvalue weighted by Gasteiger charge is -2.19. The zero-order valence-corrected chi connectivity index (χ0v) is 17.6. The molecule has 3 aromatic rings. The fourth-order valence-electron chi connectivity index (χ4n) is 3.08. The zero-order valence-electron chi connectivity index (χ0n) is 15.3. The van der Waals surface area contributed by atoms with Crippen molar-refractivity contribution in [3.63, 3.8) is 0 Å². The van der Waals surface area contributed by atoms with Crippen molar-refractivity contribution in [2.45, 2.75) is 13.1 Å². The summed E-state index contributed by atoms with van der Waals surface area (Å²) in [7, 11) is 0. The first-order chi connectivity index (χ1) is 14.4. The quantitative estimate of drug-likeness (QED) is 0.416. The highest BCUT2D eigenvalue weighted by Crippen LogP contribution is 2.38. The van der Waals surface area contributed by atoms with Crippen LogP contribution in [0.25, 0.3) is 16.8 Å². The molecule has 3 rings (SSSR count). The molecule has 0 aliphatic carbocycles. The minimum absolute atomic E-state index is 0.0531. The molecule has 1 aromatic heterocycles. The predicted molar refractivity (Wildman–Crippen MR) is 109 cm³/mol. The third-order valence-corrected chi connectivity index (χ3v) is 5.69. The topological polar surface area (TPSA) is 59.3 Å². The smallest absolute Gasteiger partial charge is 0.419 e. The van der Waals surface area contributed by atoms with E-state index in [9.17, 15) is 32.3 Å². The molecule has 0 atom stereocenters. The van der Waals surface area contributed by atoms with Crippen LogP contribution in [0.15, 0.2) is 41.2 Å². The van der Waals surface area contributed by atoms with Crippen LogP contribution in [-0.2, 0) is 6.18 Å². The van der Waals surface area contributed by atoms with Gasteiger partial charge in [0.15, 0.2) is 5.82 Å². The number of hydrogen-bond donors (Lipinski definition) is 1. The number of pyridine rings is 1. The predicted octanol–water partition coefficient (Wildman–Crippen LogP) is 6.63. The maximum absolute atomic E-state index is 14.7. The first-order valence-corrected chi connectivity index (χ1v) is 9.49. The number of rotatable bonds is 3. The lowest BCUT2D eigenvalue weighted by Crippen LogP contribution is -2.29. The molecule has 1 N–H and O–H groups in total. The monoisotopic (exact) mass is 493 g/mol. The van der Waals surface area contributed by atoms with E-state index in [0.717, 1.165) is 12.1 Å². The lowest BCUT2D eigenvalue weighted by atomic mass is 9.99. The van der Waals surface area contributed by atoms with Crippen molar-refractivity contribution in [2.75, 3.05) is 0 Å². The number of alkyl halides is 3. The Hall–Kier alpha value is -2.55. The number of carbonyl (C=O) groups is 1. The molecule has 0 unspecified atom stereocenters. The van der Waals surface area contributed by atoms with E-state index in [1.807, 2.05) is 0 Å². The van der Waals surface area contributed by atoms with Gasteiger partial charge in [-0.2, -0.15) is 13.2 Å². The molecule has 0 fully saturated rings. The van der Waals surface area contributed by atoms with Crippen LogP contribution in [-0.4, -0.2) is 15.6 Å². The fourth-order valence-corrected chi connectivity index (χ4v) is 3.67. The van der Waals surface area contributed by atoms with Gasteiger partial charge in [-0.05, 0) is 36.8 Å². The lowest BCUT2D eigenvalue weighted by molar-refractivity contribution is -0.140. The standard InChI is InChI=1S/C20H10Cl3F4NO3/c1-8-16(23)14(9-5-6-11(21)12(22)7-9)15(19(30)31)18(29)28(8)13-4-2-3-10(17(13)24)20(25,26)27/h2-7H,1H3,(H,30,31). The molecule has 4 nitrogen and oxygen atoms in total. The van der Waals surface area contributed by atoms with E-state index in [1.165, 1.54) is 25.1 Å². The van der Waals surface area contributed by atoms with Gasteiger partial charge in [0.2, 0.25) is 0 Å². The van der Waals surface area contributed by atoms with E-state index in [2.05, 4.69) is 0 Å². The highest BCUT2D eigenvalue weighted by atomic mass is 35.5. The molecular weight excluding hydrogens is 485 g/mol. The number of carboxylic acids is 1. The molecule has 162 valence electrons. The molecular formula is C20H10Cl3F4NO3. The molecule has 0 aliphatic rings. The summed E-state index contributed by atoms with van der Waals surface area (Å²) in [6.45, 7) is 1.25. The Kier molecular flexibility index (Phi) is 6.10.